The fraction of sp³-hybridized carbons (Fsp3) is 0.267. The molecule has 0 saturated carbocycles. The summed E-state index contributed by atoms with van der Waals surface area (Å²) in [5, 5.41) is -0.258. The summed E-state index contributed by atoms with van der Waals surface area (Å²) in [7, 11) is 0. The van der Waals surface area contributed by atoms with E-state index in [1.165, 1.54) is 25.4 Å². The van der Waals surface area contributed by atoms with E-state index in [0.717, 1.165) is 6.20 Å². The molecule has 0 radical (unpaired) electrons. The number of nitrogens with zero attached hydrogens (tertiary/aromatic N) is 3. The molecule has 0 aliphatic carbocycles. The zero-order chi connectivity index (χ0) is 17.7. The van der Waals surface area contributed by atoms with Crippen molar-refractivity contribution >= 4 is 17.5 Å². The molecule has 2 aromatic heterocycles. The number of rotatable bonds is 5. The highest BCUT2D eigenvalue weighted by atomic mass is 35.5. The molecule has 1 amide bonds. The van der Waals surface area contributed by atoms with Crippen LogP contribution >= 0.6 is 11.6 Å². The van der Waals surface area contributed by atoms with Crippen LogP contribution in [0, 0.1) is 0 Å². The van der Waals surface area contributed by atoms with Crippen molar-refractivity contribution in [3.63, 3.8) is 0 Å². The van der Waals surface area contributed by atoms with Gasteiger partial charge >= 0.3 is 6.30 Å². The molecule has 0 fully saturated rings. The molecule has 0 atom stereocenters. The van der Waals surface area contributed by atoms with Crippen molar-refractivity contribution in [2.75, 3.05) is 6.54 Å². The van der Waals surface area contributed by atoms with E-state index in [9.17, 15) is 18.0 Å². The number of aromatic nitrogens is 2. The molecular weight excluding hydrogens is 347 g/mol. The van der Waals surface area contributed by atoms with Gasteiger partial charge in [0.1, 0.15) is 0 Å². The Labute approximate surface area is 141 Å². The Morgan fingerprint density at radius 1 is 1.33 bits per heavy atom. The summed E-state index contributed by atoms with van der Waals surface area (Å²) < 4.78 is 44.4. The van der Waals surface area contributed by atoms with Gasteiger partial charge in [0.15, 0.2) is 5.75 Å². The number of hydrogen-bond acceptors (Lipinski definition) is 4. The van der Waals surface area contributed by atoms with Crippen LogP contribution in [0.2, 0.25) is 5.02 Å². The van der Waals surface area contributed by atoms with Gasteiger partial charge in [0, 0.05) is 25.0 Å². The molecule has 0 aliphatic heterocycles. The van der Waals surface area contributed by atoms with Crippen molar-refractivity contribution in [3.8, 4) is 11.6 Å². The van der Waals surface area contributed by atoms with Gasteiger partial charge in [-0.2, -0.15) is 0 Å². The van der Waals surface area contributed by atoms with Gasteiger partial charge in [0.05, 0.1) is 16.8 Å². The van der Waals surface area contributed by atoms with E-state index in [1.807, 2.05) is 0 Å². The fourth-order valence-electron chi connectivity index (χ4n) is 1.88. The van der Waals surface area contributed by atoms with E-state index in [4.69, 9.17) is 16.3 Å². The molecule has 0 N–H and O–H groups in total. The van der Waals surface area contributed by atoms with E-state index >= 15 is 0 Å². The summed E-state index contributed by atoms with van der Waals surface area (Å²) in [5.74, 6) is -1.17. The number of halogens is 4. The summed E-state index contributed by atoms with van der Waals surface area (Å²) in [5.41, 5.74) is -0.393. The molecule has 2 rings (SSSR count). The number of alkyl halides is 3. The number of hydrogen-bond donors (Lipinski definition) is 0. The Kier molecular flexibility index (Phi) is 5.61. The first-order valence-electron chi connectivity index (χ1n) is 6.95. The molecule has 0 aliphatic rings. The minimum Gasteiger partial charge on any atom is -0.436 e. The third-order valence-electron chi connectivity index (χ3n) is 2.93. The molecule has 9 heteroatoms. The number of carbonyl (C=O) groups excluding carboxylic acids is 1. The normalized spacial score (nSPS) is 11.2. The van der Waals surface area contributed by atoms with E-state index in [2.05, 4.69) is 9.97 Å². The number of ether oxygens (including phenoxy) is 1. The Morgan fingerprint density at radius 2 is 2.08 bits per heavy atom. The molecule has 5 nitrogen and oxygen atoms in total. The Morgan fingerprint density at radius 3 is 2.67 bits per heavy atom. The lowest BCUT2D eigenvalue weighted by atomic mass is 10.2. The highest BCUT2D eigenvalue weighted by molar-refractivity contribution is 6.35. The number of pyridine rings is 2. The predicted octanol–water partition coefficient (Wildman–Crippen LogP) is 4.29. The topological polar surface area (TPSA) is 55.3 Å². The standard InChI is InChI=1S/C15H13ClF3N3O2/c1-2-7-22(15(17,18)19)14(23)10-8-20-9-11(13(10)16)24-12-5-3-4-6-21-12/h3-6,8-9H,2,7H2,1H3. The monoisotopic (exact) mass is 359 g/mol. The van der Waals surface area contributed by atoms with Crippen LogP contribution in [0.25, 0.3) is 0 Å². The van der Waals surface area contributed by atoms with E-state index in [1.54, 1.807) is 12.1 Å². The maximum absolute atomic E-state index is 13.0. The molecule has 0 spiro atoms. The van der Waals surface area contributed by atoms with Gasteiger partial charge in [-0.1, -0.05) is 24.6 Å². The van der Waals surface area contributed by atoms with Crippen molar-refractivity contribution in [1.29, 1.82) is 0 Å². The van der Waals surface area contributed by atoms with Gasteiger partial charge in [-0.3, -0.25) is 9.78 Å². The lowest BCUT2D eigenvalue weighted by Gasteiger charge is -2.24. The third kappa shape index (κ3) is 4.14. The molecule has 2 aromatic rings. The minimum absolute atomic E-state index is 0.0557. The van der Waals surface area contributed by atoms with Crippen molar-refractivity contribution in [3.05, 3.63) is 47.4 Å². The number of amides is 1. The van der Waals surface area contributed by atoms with Crippen LogP contribution in [0.5, 0.6) is 11.6 Å². The van der Waals surface area contributed by atoms with Crippen LogP contribution < -0.4 is 4.74 Å². The maximum atomic E-state index is 13.0. The SMILES string of the molecule is CCCN(C(=O)c1cncc(Oc2ccccn2)c1Cl)C(F)(F)F. The average Bonchev–Trinajstić information content (AvgIpc) is 2.54. The van der Waals surface area contributed by atoms with Gasteiger partial charge < -0.3 is 4.74 Å². The van der Waals surface area contributed by atoms with Gasteiger partial charge in [-0.25, -0.2) is 9.88 Å². The second-order valence-corrected chi connectivity index (χ2v) is 5.07. The second-order valence-electron chi connectivity index (χ2n) is 4.69. The van der Waals surface area contributed by atoms with Crippen LogP contribution in [0.15, 0.2) is 36.8 Å². The van der Waals surface area contributed by atoms with Crippen LogP contribution in [0.3, 0.4) is 0 Å². The van der Waals surface area contributed by atoms with E-state index < -0.39 is 24.3 Å². The van der Waals surface area contributed by atoms with Crippen molar-refractivity contribution in [2.24, 2.45) is 0 Å². The summed E-state index contributed by atoms with van der Waals surface area (Å²) in [6.07, 6.45) is -1.02. The van der Waals surface area contributed by atoms with Gasteiger partial charge in [-0.05, 0) is 12.5 Å². The van der Waals surface area contributed by atoms with Crippen molar-refractivity contribution in [2.45, 2.75) is 19.6 Å². The first-order chi connectivity index (χ1) is 11.3. The predicted molar refractivity (Wildman–Crippen MR) is 80.9 cm³/mol. The van der Waals surface area contributed by atoms with Gasteiger partial charge in [-0.15, -0.1) is 13.2 Å². The Balaban J connectivity index is 2.34. The summed E-state index contributed by atoms with van der Waals surface area (Å²) in [6, 6.07) is 4.86. The second kappa shape index (κ2) is 7.48. The summed E-state index contributed by atoms with van der Waals surface area (Å²) in [6.45, 7) is 1.05. The third-order valence-corrected chi connectivity index (χ3v) is 3.32. The largest absolute Gasteiger partial charge is 0.487 e. The van der Waals surface area contributed by atoms with Crippen molar-refractivity contribution in [1.82, 2.24) is 14.9 Å². The fourth-order valence-corrected chi connectivity index (χ4v) is 2.10. The molecule has 24 heavy (non-hydrogen) atoms. The molecular formula is C15H13ClF3N3O2. The highest BCUT2D eigenvalue weighted by Crippen LogP contribution is 2.33. The highest BCUT2D eigenvalue weighted by Gasteiger charge is 2.41. The van der Waals surface area contributed by atoms with Crippen LogP contribution in [0.1, 0.15) is 23.7 Å². The Hall–Kier alpha value is -2.35. The zero-order valence-electron chi connectivity index (χ0n) is 12.5. The molecule has 0 saturated heterocycles. The quantitative estimate of drug-likeness (QED) is 0.747. The van der Waals surface area contributed by atoms with Gasteiger partial charge in [0.2, 0.25) is 5.88 Å². The van der Waals surface area contributed by atoms with E-state index in [-0.39, 0.29) is 28.0 Å². The Bertz CT molecular complexity index is 711. The number of carbonyl (C=O) groups is 1. The molecule has 0 aromatic carbocycles. The lowest BCUT2D eigenvalue weighted by Crippen LogP contribution is -2.43. The zero-order valence-corrected chi connectivity index (χ0v) is 13.3. The smallest absolute Gasteiger partial charge is 0.436 e. The van der Waals surface area contributed by atoms with Gasteiger partial charge in [0.25, 0.3) is 5.91 Å². The summed E-state index contributed by atoms with van der Waals surface area (Å²) >= 11 is 6.04. The van der Waals surface area contributed by atoms with Crippen molar-refractivity contribution < 1.29 is 22.7 Å². The van der Waals surface area contributed by atoms with Crippen LogP contribution in [-0.4, -0.2) is 33.6 Å². The van der Waals surface area contributed by atoms with Crippen LogP contribution in [-0.2, 0) is 0 Å². The maximum Gasteiger partial charge on any atom is 0.487 e. The minimum atomic E-state index is -4.81. The van der Waals surface area contributed by atoms with E-state index in [0.29, 0.717) is 0 Å². The first-order valence-corrected chi connectivity index (χ1v) is 7.33. The summed E-state index contributed by atoms with van der Waals surface area (Å²) in [4.78, 5) is 19.7. The first kappa shape index (κ1) is 18.0. The lowest BCUT2D eigenvalue weighted by molar-refractivity contribution is -0.224. The molecule has 2 heterocycles. The molecule has 128 valence electrons. The molecule has 0 bridgehead atoms. The molecule has 0 unspecified atom stereocenters. The average molecular weight is 360 g/mol. The van der Waals surface area contributed by atoms with Crippen LogP contribution in [0.4, 0.5) is 13.2 Å².